The van der Waals surface area contributed by atoms with Crippen LogP contribution >= 0.6 is 0 Å². The van der Waals surface area contributed by atoms with E-state index in [2.05, 4.69) is 42.3 Å². The number of aliphatic hydroxyl groups excluding tert-OH is 1. The summed E-state index contributed by atoms with van der Waals surface area (Å²) in [7, 11) is -3.89. The van der Waals surface area contributed by atoms with Crippen molar-refractivity contribution in [3.63, 3.8) is 0 Å². The van der Waals surface area contributed by atoms with Crippen LogP contribution in [0.5, 0.6) is 0 Å². The smallest absolute Gasteiger partial charge is 0.238 e. The SMILES string of the molecule is Cc1cc(-c2cccc3c(C)c[nH]c23)c(-c2cccc(S(N)(=O)=O)c2)c2c1NC(C)(C)C(O)[C@H]2C. The first-order valence-electron chi connectivity index (χ1n) is 11.7. The van der Waals surface area contributed by atoms with Crippen molar-refractivity contribution in [3.05, 3.63) is 71.4 Å². The Morgan fingerprint density at radius 2 is 1.71 bits per heavy atom. The van der Waals surface area contributed by atoms with Gasteiger partial charge in [0.05, 0.1) is 22.1 Å². The standard InChI is InChI=1S/C28H31N3O3S/c1-15-12-22(21-11-7-10-20-16(2)14-30-26(20)21)24(18-8-6-9-19(13-18)35(29,33)34)23-17(3)27(32)28(4,5)31-25(15)23/h6-14,17,27,30-32H,1-5H3,(H2,29,33,34)/t17-,27?/m0/s1. The van der Waals surface area contributed by atoms with E-state index in [1.54, 1.807) is 12.1 Å². The molecule has 6 nitrogen and oxygen atoms in total. The van der Waals surface area contributed by atoms with Gasteiger partial charge in [-0.15, -0.1) is 0 Å². The second-order valence-corrected chi connectivity index (χ2v) is 11.8. The summed E-state index contributed by atoms with van der Waals surface area (Å²) < 4.78 is 24.4. The lowest BCUT2D eigenvalue weighted by molar-refractivity contribution is 0.0871. The number of hydrogen-bond acceptors (Lipinski definition) is 4. The van der Waals surface area contributed by atoms with Crippen molar-refractivity contribution in [2.24, 2.45) is 5.14 Å². The highest BCUT2D eigenvalue weighted by molar-refractivity contribution is 7.89. The average Bonchev–Trinajstić information content (AvgIpc) is 3.18. The summed E-state index contributed by atoms with van der Waals surface area (Å²) in [6.45, 7) is 10.2. The van der Waals surface area contributed by atoms with Gasteiger partial charge >= 0.3 is 0 Å². The maximum absolute atomic E-state index is 12.2. The van der Waals surface area contributed by atoms with Crippen molar-refractivity contribution >= 4 is 26.6 Å². The van der Waals surface area contributed by atoms with Gasteiger partial charge in [0.25, 0.3) is 0 Å². The molecule has 0 amide bonds. The third-order valence-corrected chi connectivity index (χ3v) is 8.25. The van der Waals surface area contributed by atoms with Crippen molar-refractivity contribution in [2.45, 2.75) is 57.1 Å². The number of rotatable bonds is 3. The van der Waals surface area contributed by atoms with Gasteiger partial charge in [-0.25, -0.2) is 13.6 Å². The van der Waals surface area contributed by atoms with E-state index in [0.29, 0.717) is 0 Å². The van der Waals surface area contributed by atoms with Crippen molar-refractivity contribution < 1.29 is 13.5 Å². The number of aliphatic hydroxyl groups is 1. The molecule has 0 radical (unpaired) electrons. The van der Waals surface area contributed by atoms with Gasteiger partial charge in [-0.3, -0.25) is 0 Å². The molecule has 0 fully saturated rings. The van der Waals surface area contributed by atoms with Crippen LogP contribution in [0.1, 0.15) is 43.4 Å². The molecule has 7 heteroatoms. The van der Waals surface area contributed by atoms with Crippen molar-refractivity contribution in [2.75, 3.05) is 5.32 Å². The first-order valence-corrected chi connectivity index (χ1v) is 13.3. The molecule has 3 aromatic carbocycles. The number of aryl methyl sites for hydroxylation is 2. The van der Waals surface area contributed by atoms with Gasteiger partial charge in [-0.2, -0.15) is 0 Å². The zero-order valence-electron chi connectivity index (χ0n) is 20.6. The molecule has 4 aromatic rings. The molecule has 1 aromatic heterocycles. The summed E-state index contributed by atoms with van der Waals surface area (Å²) in [6.07, 6.45) is 1.35. The monoisotopic (exact) mass is 489 g/mol. The maximum Gasteiger partial charge on any atom is 0.238 e. The normalized spacial score (nSPS) is 19.4. The van der Waals surface area contributed by atoms with Crippen molar-refractivity contribution in [1.29, 1.82) is 0 Å². The Morgan fingerprint density at radius 1 is 1.00 bits per heavy atom. The third kappa shape index (κ3) is 3.75. The Balaban J connectivity index is 1.92. The first kappa shape index (κ1) is 23.6. The lowest BCUT2D eigenvalue weighted by atomic mass is 9.73. The summed E-state index contributed by atoms with van der Waals surface area (Å²) in [4.78, 5) is 3.48. The van der Waals surface area contributed by atoms with Crippen LogP contribution in [0.2, 0.25) is 0 Å². The van der Waals surface area contributed by atoms with Gasteiger partial charge in [0.1, 0.15) is 0 Å². The Morgan fingerprint density at radius 3 is 2.43 bits per heavy atom. The topological polar surface area (TPSA) is 108 Å². The molecular weight excluding hydrogens is 458 g/mol. The molecule has 0 bridgehead atoms. The third-order valence-electron chi connectivity index (χ3n) is 7.34. The van der Waals surface area contributed by atoms with E-state index in [1.807, 2.05) is 39.1 Å². The van der Waals surface area contributed by atoms with E-state index in [1.165, 1.54) is 6.07 Å². The van der Waals surface area contributed by atoms with E-state index in [4.69, 9.17) is 5.14 Å². The molecule has 1 aliphatic rings. The summed E-state index contributed by atoms with van der Waals surface area (Å²) >= 11 is 0. The average molecular weight is 490 g/mol. The first-order chi connectivity index (χ1) is 16.4. The zero-order chi connectivity index (χ0) is 25.3. The van der Waals surface area contributed by atoms with E-state index in [-0.39, 0.29) is 10.8 Å². The van der Waals surface area contributed by atoms with Gasteiger partial charge in [-0.1, -0.05) is 37.3 Å². The van der Waals surface area contributed by atoms with E-state index in [9.17, 15) is 13.5 Å². The fraction of sp³-hybridized carbons (Fsp3) is 0.286. The Hall–Kier alpha value is -3.13. The van der Waals surface area contributed by atoms with E-state index < -0.39 is 21.7 Å². The number of H-pyrrole nitrogens is 1. The van der Waals surface area contributed by atoms with Crippen LogP contribution in [-0.2, 0) is 10.0 Å². The van der Waals surface area contributed by atoms with Gasteiger partial charge in [0.15, 0.2) is 0 Å². The van der Waals surface area contributed by atoms with Crippen LogP contribution in [0.4, 0.5) is 5.69 Å². The molecule has 0 saturated carbocycles. The van der Waals surface area contributed by atoms with Crippen LogP contribution < -0.4 is 10.5 Å². The van der Waals surface area contributed by atoms with Gasteiger partial charge in [0, 0.05) is 28.8 Å². The lowest BCUT2D eigenvalue weighted by Gasteiger charge is -2.44. The fourth-order valence-corrected chi connectivity index (χ4v) is 6.07. The van der Waals surface area contributed by atoms with Crippen LogP contribution in [0, 0.1) is 13.8 Å². The minimum atomic E-state index is -3.89. The number of nitrogens with two attached hydrogens (primary N) is 1. The molecule has 182 valence electrons. The van der Waals surface area contributed by atoms with Crippen LogP contribution in [-0.4, -0.2) is 30.2 Å². The zero-order valence-corrected chi connectivity index (χ0v) is 21.4. The van der Waals surface area contributed by atoms with Crippen molar-refractivity contribution in [1.82, 2.24) is 4.98 Å². The number of primary sulfonamides is 1. The highest BCUT2D eigenvalue weighted by Crippen LogP contribution is 2.50. The fourth-order valence-electron chi connectivity index (χ4n) is 5.51. The number of aromatic nitrogens is 1. The number of para-hydroxylation sites is 1. The largest absolute Gasteiger partial charge is 0.390 e. The van der Waals surface area contributed by atoms with Crippen LogP contribution in [0.3, 0.4) is 0 Å². The Labute approximate surface area is 206 Å². The number of hydrogen-bond donors (Lipinski definition) is 4. The molecule has 0 aliphatic carbocycles. The molecule has 35 heavy (non-hydrogen) atoms. The second kappa shape index (κ2) is 7.95. The molecule has 5 N–H and O–H groups in total. The van der Waals surface area contributed by atoms with Crippen LogP contribution in [0.25, 0.3) is 33.2 Å². The number of benzene rings is 3. The molecule has 2 atom stereocenters. The summed E-state index contributed by atoms with van der Waals surface area (Å²) in [6, 6.07) is 15.1. The van der Waals surface area contributed by atoms with Gasteiger partial charge in [-0.05, 0) is 79.3 Å². The predicted molar refractivity (Wildman–Crippen MR) is 142 cm³/mol. The Bertz CT molecular complexity index is 1580. The second-order valence-electron chi connectivity index (χ2n) is 10.3. The number of nitrogens with one attached hydrogen (secondary N) is 2. The van der Waals surface area contributed by atoms with Crippen LogP contribution in [0.15, 0.2) is 59.6 Å². The van der Waals surface area contributed by atoms with Gasteiger partial charge in [0.2, 0.25) is 10.0 Å². The number of fused-ring (bicyclic) bond motifs is 2. The summed E-state index contributed by atoms with van der Waals surface area (Å²) in [5, 5.41) is 21.4. The van der Waals surface area contributed by atoms with E-state index >= 15 is 0 Å². The molecular formula is C28H31N3O3S. The molecule has 0 saturated heterocycles. The molecule has 0 spiro atoms. The number of sulfonamides is 1. The molecule has 1 unspecified atom stereocenters. The van der Waals surface area contributed by atoms with Gasteiger partial charge < -0.3 is 15.4 Å². The molecule has 5 rings (SSSR count). The molecule has 2 heterocycles. The maximum atomic E-state index is 12.2. The Kier molecular flexibility index (Phi) is 5.36. The minimum Gasteiger partial charge on any atom is -0.390 e. The summed E-state index contributed by atoms with van der Waals surface area (Å²) in [5.41, 5.74) is 8.29. The van der Waals surface area contributed by atoms with Crippen molar-refractivity contribution in [3.8, 4) is 22.3 Å². The van der Waals surface area contributed by atoms with E-state index in [0.717, 1.165) is 55.5 Å². The quantitative estimate of drug-likeness (QED) is 0.307. The number of anilines is 1. The molecule has 1 aliphatic heterocycles. The highest BCUT2D eigenvalue weighted by atomic mass is 32.2. The predicted octanol–water partition coefficient (Wildman–Crippen LogP) is 5.43. The highest BCUT2D eigenvalue weighted by Gasteiger charge is 2.41. The summed E-state index contributed by atoms with van der Waals surface area (Å²) in [5.74, 6) is -0.197. The lowest BCUT2D eigenvalue weighted by Crippen LogP contribution is -2.50. The number of aromatic amines is 1. The minimum absolute atomic E-state index is 0.0569.